The zero-order chi connectivity index (χ0) is 14.8. The van der Waals surface area contributed by atoms with Crippen LogP contribution in [0.3, 0.4) is 0 Å². The van der Waals surface area contributed by atoms with E-state index in [1.807, 2.05) is 28.5 Å². The van der Waals surface area contributed by atoms with Crippen LogP contribution in [-0.4, -0.2) is 89.8 Å². The average Bonchev–Trinajstić information content (AvgIpc) is 2.37. The number of aliphatic carboxylic acids is 1. The van der Waals surface area contributed by atoms with Gasteiger partial charge in [-0.2, -0.15) is 0 Å². The van der Waals surface area contributed by atoms with Gasteiger partial charge >= 0.3 is 12.0 Å². The monoisotopic (exact) mass is 285 g/mol. The van der Waals surface area contributed by atoms with E-state index in [0.29, 0.717) is 45.9 Å². The number of urea groups is 1. The molecule has 2 heterocycles. The normalized spacial score (nSPS) is 23.7. The molecular weight excluding hydrogens is 262 g/mol. The summed E-state index contributed by atoms with van der Waals surface area (Å²) in [5.41, 5.74) is -0.284. The van der Waals surface area contributed by atoms with Crippen molar-refractivity contribution in [3.05, 3.63) is 0 Å². The van der Waals surface area contributed by atoms with Crippen molar-refractivity contribution in [3.8, 4) is 0 Å². The molecule has 2 saturated heterocycles. The highest BCUT2D eigenvalue weighted by molar-refractivity contribution is 5.75. The van der Waals surface area contributed by atoms with Gasteiger partial charge in [0.15, 0.2) is 0 Å². The SMILES string of the molecule is CC1(C)COCCN1C(=O)N1CCN(CC(=O)O)CC1. The third kappa shape index (κ3) is 3.40. The smallest absolute Gasteiger partial charge is 0.320 e. The molecule has 20 heavy (non-hydrogen) atoms. The number of carbonyl (C=O) groups excluding carboxylic acids is 1. The number of morpholine rings is 1. The molecule has 114 valence electrons. The molecule has 0 saturated carbocycles. The van der Waals surface area contributed by atoms with Crippen molar-refractivity contribution in [3.63, 3.8) is 0 Å². The lowest BCUT2D eigenvalue weighted by Crippen LogP contribution is -2.61. The van der Waals surface area contributed by atoms with Crippen LogP contribution >= 0.6 is 0 Å². The van der Waals surface area contributed by atoms with Gasteiger partial charge in [-0.1, -0.05) is 0 Å². The zero-order valence-electron chi connectivity index (χ0n) is 12.2. The van der Waals surface area contributed by atoms with E-state index >= 15 is 0 Å². The van der Waals surface area contributed by atoms with Crippen molar-refractivity contribution in [2.75, 3.05) is 52.5 Å². The Bertz CT molecular complexity index is 378. The summed E-state index contributed by atoms with van der Waals surface area (Å²) in [6, 6.07) is 0.0354. The molecule has 1 N–H and O–H groups in total. The summed E-state index contributed by atoms with van der Waals surface area (Å²) in [5.74, 6) is -0.820. The van der Waals surface area contributed by atoms with Gasteiger partial charge in [0, 0.05) is 32.7 Å². The minimum absolute atomic E-state index is 0.0354. The molecule has 0 spiro atoms. The molecule has 0 bridgehead atoms. The van der Waals surface area contributed by atoms with E-state index in [1.165, 1.54) is 0 Å². The summed E-state index contributed by atoms with van der Waals surface area (Å²) >= 11 is 0. The molecule has 0 aromatic rings. The van der Waals surface area contributed by atoms with E-state index in [4.69, 9.17) is 9.84 Å². The number of carboxylic acid groups (broad SMARTS) is 1. The Kier molecular flexibility index (Phi) is 4.49. The Morgan fingerprint density at radius 1 is 1.15 bits per heavy atom. The second-order valence-corrected chi connectivity index (χ2v) is 5.96. The van der Waals surface area contributed by atoms with Gasteiger partial charge in [0.25, 0.3) is 0 Å². The van der Waals surface area contributed by atoms with E-state index in [1.54, 1.807) is 0 Å². The summed E-state index contributed by atoms with van der Waals surface area (Å²) in [5, 5.41) is 8.77. The van der Waals surface area contributed by atoms with Crippen LogP contribution in [0.1, 0.15) is 13.8 Å². The molecular formula is C13H23N3O4. The summed E-state index contributed by atoms with van der Waals surface area (Å²) in [4.78, 5) is 28.8. The number of ether oxygens (including phenoxy) is 1. The van der Waals surface area contributed by atoms with Crippen molar-refractivity contribution in [2.24, 2.45) is 0 Å². The van der Waals surface area contributed by atoms with Crippen LogP contribution in [0.4, 0.5) is 4.79 Å². The third-order valence-electron chi connectivity index (χ3n) is 3.88. The summed E-state index contributed by atoms with van der Waals surface area (Å²) in [6.45, 7) is 8.19. The van der Waals surface area contributed by atoms with E-state index in [2.05, 4.69) is 0 Å². The molecule has 0 unspecified atom stereocenters. The van der Waals surface area contributed by atoms with E-state index in [-0.39, 0.29) is 18.1 Å². The maximum atomic E-state index is 12.6. The quantitative estimate of drug-likeness (QED) is 0.768. The first kappa shape index (κ1) is 15.1. The molecule has 0 atom stereocenters. The Labute approximate surface area is 119 Å². The lowest BCUT2D eigenvalue weighted by atomic mass is 10.0. The minimum atomic E-state index is -0.820. The first-order valence-corrected chi connectivity index (χ1v) is 6.98. The fraction of sp³-hybridized carbons (Fsp3) is 0.846. The predicted octanol–water partition coefficient (Wildman–Crippen LogP) is -0.0806. The van der Waals surface area contributed by atoms with Crippen molar-refractivity contribution >= 4 is 12.0 Å². The van der Waals surface area contributed by atoms with Crippen LogP contribution in [0.5, 0.6) is 0 Å². The zero-order valence-corrected chi connectivity index (χ0v) is 12.2. The molecule has 7 nitrogen and oxygen atoms in total. The van der Waals surface area contributed by atoms with Crippen LogP contribution in [0.15, 0.2) is 0 Å². The topological polar surface area (TPSA) is 73.3 Å². The largest absolute Gasteiger partial charge is 0.480 e. The van der Waals surface area contributed by atoms with Gasteiger partial charge in [-0.3, -0.25) is 9.69 Å². The second kappa shape index (κ2) is 5.97. The number of hydrogen-bond acceptors (Lipinski definition) is 4. The van der Waals surface area contributed by atoms with Crippen molar-refractivity contribution in [2.45, 2.75) is 19.4 Å². The highest BCUT2D eigenvalue weighted by Gasteiger charge is 2.37. The third-order valence-corrected chi connectivity index (χ3v) is 3.88. The molecule has 0 radical (unpaired) electrons. The van der Waals surface area contributed by atoms with E-state index < -0.39 is 5.97 Å². The first-order chi connectivity index (χ1) is 9.40. The van der Waals surface area contributed by atoms with E-state index in [9.17, 15) is 9.59 Å². The molecule has 0 aromatic heterocycles. The van der Waals surface area contributed by atoms with Crippen molar-refractivity contribution in [1.82, 2.24) is 14.7 Å². The number of hydrogen-bond donors (Lipinski definition) is 1. The van der Waals surface area contributed by atoms with Gasteiger partial charge in [0.2, 0.25) is 0 Å². The first-order valence-electron chi connectivity index (χ1n) is 6.98. The van der Waals surface area contributed by atoms with Crippen molar-refractivity contribution in [1.29, 1.82) is 0 Å². The Morgan fingerprint density at radius 2 is 1.80 bits per heavy atom. The molecule has 2 amide bonds. The number of amides is 2. The standard InChI is InChI=1S/C13H23N3O4/c1-13(2)10-20-8-7-16(13)12(19)15-5-3-14(4-6-15)9-11(17)18/h3-10H2,1-2H3,(H,17,18). The summed E-state index contributed by atoms with van der Waals surface area (Å²) in [6.07, 6.45) is 0. The van der Waals surface area contributed by atoms with E-state index in [0.717, 1.165) is 0 Å². The second-order valence-electron chi connectivity index (χ2n) is 5.96. The van der Waals surface area contributed by atoms with Gasteiger partial charge in [-0.15, -0.1) is 0 Å². The molecule has 2 fully saturated rings. The number of carbonyl (C=O) groups is 2. The number of nitrogens with zero attached hydrogens (tertiary/aromatic N) is 3. The Hall–Kier alpha value is -1.34. The average molecular weight is 285 g/mol. The van der Waals surface area contributed by atoms with Crippen LogP contribution in [0.25, 0.3) is 0 Å². The molecule has 0 aromatic carbocycles. The van der Waals surface area contributed by atoms with Gasteiger partial charge in [-0.05, 0) is 13.8 Å². The molecule has 2 aliphatic rings. The fourth-order valence-electron chi connectivity index (χ4n) is 2.67. The molecule has 2 aliphatic heterocycles. The van der Waals surface area contributed by atoms with Gasteiger partial charge in [-0.25, -0.2) is 4.79 Å². The van der Waals surface area contributed by atoms with Crippen LogP contribution < -0.4 is 0 Å². The number of piperazine rings is 1. The van der Waals surface area contributed by atoms with Crippen LogP contribution in [0.2, 0.25) is 0 Å². The van der Waals surface area contributed by atoms with Crippen LogP contribution in [0, 0.1) is 0 Å². The summed E-state index contributed by atoms with van der Waals surface area (Å²) in [7, 11) is 0. The highest BCUT2D eigenvalue weighted by atomic mass is 16.5. The lowest BCUT2D eigenvalue weighted by Gasteiger charge is -2.45. The molecule has 2 rings (SSSR count). The number of rotatable bonds is 2. The minimum Gasteiger partial charge on any atom is -0.480 e. The molecule has 0 aliphatic carbocycles. The maximum Gasteiger partial charge on any atom is 0.320 e. The number of carboxylic acids is 1. The van der Waals surface area contributed by atoms with Gasteiger partial charge < -0.3 is 19.6 Å². The predicted molar refractivity (Wildman–Crippen MR) is 72.6 cm³/mol. The van der Waals surface area contributed by atoms with Gasteiger partial charge in [0.05, 0.1) is 25.3 Å². The Morgan fingerprint density at radius 3 is 2.35 bits per heavy atom. The van der Waals surface area contributed by atoms with Crippen LogP contribution in [-0.2, 0) is 9.53 Å². The lowest BCUT2D eigenvalue weighted by molar-refractivity contribution is -0.138. The summed E-state index contributed by atoms with van der Waals surface area (Å²) < 4.78 is 5.43. The van der Waals surface area contributed by atoms with Crippen molar-refractivity contribution < 1.29 is 19.4 Å². The van der Waals surface area contributed by atoms with Gasteiger partial charge in [0.1, 0.15) is 0 Å². The maximum absolute atomic E-state index is 12.6. The highest BCUT2D eigenvalue weighted by Crippen LogP contribution is 2.21. The fourth-order valence-corrected chi connectivity index (χ4v) is 2.67. The Balaban J connectivity index is 1.89. The molecule has 7 heteroatoms.